The number of ether oxygens (including phenoxy) is 1. The van der Waals surface area contributed by atoms with E-state index in [0.717, 1.165) is 36.2 Å². The molecule has 1 atom stereocenters. The minimum atomic E-state index is -4.61. The predicted molar refractivity (Wildman–Crippen MR) is 118 cm³/mol. The van der Waals surface area contributed by atoms with Crippen LogP contribution in [0.25, 0.3) is 0 Å². The molecule has 0 amide bonds. The standard InChI is InChI=1S/C24H25ClF4N2O3/c1-23(2)12-31(11-14-7-19(26)16(22(32)33)8-15(14)13-3-4-13)6-5-20(23)34-21-9-17(24(27,28)29)18(25)10-30-21/h7-10,13,20H,3-6,11-12H2,1-2H3,(H,32,33). The van der Waals surface area contributed by atoms with Gasteiger partial charge in [-0.15, -0.1) is 0 Å². The van der Waals surface area contributed by atoms with E-state index in [9.17, 15) is 27.5 Å². The van der Waals surface area contributed by atoms with Crippen LogP contribution in [0.15, 0.2) is 24.4 Å². The molecule has 1 aromatic carbocycles. The first kappa shape index (κ1) is 24.7. The van der Waals surface area contributed by atoms with Gasteiger partial charge in [0.05, 0.1) is 22.3 Å². The van der Waals surface area contributed by atoms with Crippen LogP contribution >= 0.6 is 11.6 Å². The summed E-state index contributed by atoms with van der Waals surface area (Å²) in [6.07, 6.45) is -1.61. The van der Waals surface area contributed by atoms with Gasteiger partial charge in [-0.1, -0.05) is 25.4 Å². The molecule has 0 bridgehead atoms. The number of pyridine rings is 1. The van der Waals surface area contributed by atoms with Crippen LogP contribution in [0.5, 0.6) is 5.88 Å². The number of hydrogen-bond donors (Lipinski definition) is 1. The zero-order chi connectivity index (χ0) is 24.8. The van der Waals surface area contributed by atoms with E-state index < -0.39 is 34.0 Å². The van der Waals surface area contributed by atoms with E-state index in [1.165, 1.54) is 12.1 Å². The largest absolute Gasteiger partial charge is 0.478 e. The molecule has 1 aromatic heterocycles. The first-order valence-corrected chi connectivity index (χ1v) is 11.4. The highest BCUT2D eigenvalue weighted by Gasteiger charge is 2.39. The Labute approximate surface area is 199 Å². The minimum Gasteiger partial charge on any atom is -0.478 e. The number of aromatic carboxylic acids is 1. The lowest BCUT2D eigenvalue weighted by Crippen LogP contribution is -2.50. The van der Waals surface area contributed by atoms with Crippen molar-refractivity contribution >= 4 is 17.6 Å². The Kier molecular flexibility index (Phi) is 6.54. The number of benzene rings is 1. The van der Waals surface area contributed by atoms with E-state index >= 15 is 0 Å². The molecule has 5 nitrogen and oxygen atoms in total. The second kappa shape index (κ2) is 9.00. The number of carboxylic acids is 1. The highest BCUT2D eigenvalue weighted by atomic mass is 35.5. The van der Waals surface area contributed by atoms with Gasteiger partial charge in [-0.05, 0) is 48.4 Å². The maximum absolute atomic E-state index is 14.4. The van der Waals surface area contributed by atoms with Crippen molar-refractivity contribution in [2.24, 2.45) is 5.41 Å². The lowest BCUT2D eigenvalue weighted by Gasteiger charge is -2.44. The van der Waals surface area contributed by atoms with E-state index in [-0.39, 0.29) is 23.5 Å². The Morgan fingerprint density at radius 3 is 2.56 bits per heavy atom. The summed E-state index contributed by atoms with van der Waals surface area (Å²) in [5.74, 6) is -1.92. The van der Waals surface area contributed by atoms with Crippen LogP contribution in [-0.2, 0) is 12.7 Å². The number of nitrogens with zero attached hydrogens (tertiary/aromatic N) is 2. The van der Waals surface area contributed by atoms with Gasteiger partial charge in [0.1, 0.15) is 11.9 Å². The summed E-state index contributed by atoms with van der Waals surface area (Å²) >= 11 is 5.65. The van der Waals surface area contributed by atoms with Gasteiger partial charge >= 0.3 is 12.1 Å². The first-order chi connectivity index (χ1) is 15.8. The van der Waals surface area contributed by atoms with Crippen molar-refractivity contribution in [2.45, 2.75) is 57.9 Å². The molecule has 1 saturated carbocycles. The van der Waals surface area contributed by atoms with Gasteiger partial charge in [0, 0.05) is 31.1 Å². The van der Waals surface area contributed by atoms with Crippen molar-refractivity contribution in [3.05, 3.63) is 57.5 Å². The van der Waals surface area contributed by atoms with Crippen LogP contribution < -0.4 is 4.74 Å². The molecule has 1 aliphatic carbocycles. The minimum absolute atomic E-state index is 0.134. The van der Waals surface area contributed by atoms with Gasteiger partial charge in [0.25, 0.3) is 0 Å². The summed E-state index contributed by atoms with van der Waals surface area (Å²) in [6, 6.07) is 3.60. The van der Waals surface area contributed by atoms with E-state index in [1.54, 1.807) is 0 Å². The predicted octanol–water partition coefficient (Wildman–Crippen LogP) is 6.15. The van der Waals surface area contributed by atoms with Crippen LogP contribution in [0.1, 0.15) is 66.1 Å². The Hall–Kier alpha value is -2.39. The summed E-state index contributed by atoms with van der Waals surface area (Å²) in [5.41, 5.74) is -0.0907. The maximum atomic E-state index is 14.4. The lowest BCUT2D eigenvalue weighted by atomic mass is 9.80. The molecule has 0 radical (unpaired) electrons. The third-order valence-corrected chi connectivity index (χ3v) is 6.78. The van der Waals surface area contributed by atoms with Crippen LogP contribution in [0, 0.1) is 11.2 Å². The van der Waals surface area contributed by atoms with Gasteiger partial charge in [0.15, 0.2) is 0 Å². The quantitative estimate of drug-likeness (QED) is 0.482. The van der Waals surface area contributed by atoms with E-state index in [2.05, 4.69) is 9.88 Å². The van der Waals surface area contributed by atoms with Gasteiger partial charge < -0.3 is 9.84 Å². The summed E-state index contributed by atoms with van der Waals surface area (Å²) < 4.78 is 59.8. The third-order valence-electron chi connectivity index (χ3n) is 6.48. The maximum Gasteiger partial charge on any atom is 0.418 e. The molecular formula is C24H25ClF4N2O3. The molecule has 1 aliphatic heterocycles. The van der Waals surface area contributed by atoms with Gasteiger partial charge in [-0.25, -0.2) is 14.2 Å². The second-order valence-electron chi connectivity index (χ2n) is 9.70. The monoisotopic (exact) mass is 500 g/mol. The Balaban J connectivity index is 1.48. The average Bonchev–Trinajstić information content (AvgIpc) is 3.55. The summed E-state index contributed by atoms with van der Waals surface area (Å²) in [5, 5.41) is 8.78. The number of halogens is 5. The fraction of sp³-hybridized carbons (Fsp3) is 0.500. The molecule has 1 saturated heterocycles. The van der Waals surface area contributed by atoms with Crippen molar-refractivity contribution in [2.75, 3.05) is 13.1 Å². The molecule has 2 fully saturated rings. The van der Waals surface area contributed by atoms with E-state index in [4.69, 9.17) is 16.3 Å². The molecule has 2 heterocycles. The topological polar surface area (TPSA) is 62.7 Å². The Morgan fingerprint density at radius 1 is 1.26 bits per heavy atom. The molecule has 1 N–H and O–H groups in total. The molecule has 184 valence electrons. The summed E-state index contributed by atoms with van der Waals surface area (Å²) in [4.78, 5) is 17.4. The Morgan fingerprint density at radius 2 is 1.97 bits per heavy atom. The fourth-order valence-electron chi connectivity index (χ4n) is 4.60. The molecule has 34 heavy (non-hydrogen) atoms. The van der Waals surface area contributed by atoms with Crippen molar-refractivity contribution in [1.82, 2.24) is 9.88 Å². The number of alkyl halides is 3. The van der Waals surface area contributed by atoms with Crippen molar-refractivity contribution in [1.29, 1.82) is 0 Å². The van der Waals surface area contributed by atoms with E-state index in [0.29, 0.717) is 26.1 Å². The van der Waals surface area contributed by atoms with Gasteiger partial charge in [-0.3, -0.25) is 4.90 Å². The van der Waals surface area contributed by atoms with Crippen LogP contribution in [0.2, 0.25) is 5.02 Å². The lowest BCUT2D eigenvalue weighted by molar-refractivity contribution is -0.137. The van der Waals surface area contributed by atoms with Crippen LogP contribution in [0.3, 0.4) is 0 Å². The number of aromatic nitrogens is 1. The number of piperidine rings is 1. The summed E-state index contributed by atoms with van der Waals surface area (Å²) in [7, 11) is 0. The fourth-order valence-corrected chi connectivity index (χ4v) is 4.81. The zero-order valence-corrected chi connectivity index (χ0v) is 19.5. The number of likely N-dealkylation sites (tertiary alicyclic amines) is 1. The normalized spacial score (nSPS) is 20.9. The molecular weight excluding hydrogens is 476 g/mol. The third kappa shape index (κ3) is 5.30. The molecule has 1 unspecified atom stereocenters. The van der Waals surface area contributed by atoms with Gasteiger partial charge in [-0.2, -0.15) is 13.2 Å². The number of rotatable bonds is 6. The number of carbonyl (C=O) groups is 1. The molecule has 0 spiro atoms. The molecule has 2 aliphatic rings. The molecule has 2 aromatic rings. The second-order valence-corrected chi connectivity index (χ2v) is 10.1. The molecule has 10 heteroatoms. The van der Waals surface area contributed by atoms with Crippen molar-refractivity contribution < 1.29 is 32.2 Å². The Bertz CT molecular complexity index is 1100. The highest BCUT2D eigenvalue weighted by molar-refractivity contribution is 6.31. The zero-order valence-electron chi connectivity index (χ0n) is 18.8. The van der Waals surface area contributed by atoms with Crippen LogP contribution in [-0.4, -0.2) is 40.2 Å². The number of carboxylic acid groups (broad SMARTS) is 1. The van der Waals surface area contributed by atoms with Crippen LogP contribution in [0.4, 0.5) is 17.6 Å². The van der Waals surface area contributed by atoms with E-state index in [1.807, 2.05) is 13.8 Å². The average molecular weight is 501 g/mol. The van der Waals surface area contributed by atoms with Crippen molar-refractivity contribution in [3.8, 4) is 5.88 Å². The first-order valence-electron chi connectivity index (χ1n) is 11.0. The molecule has 4 rings (SSSR count). The van der Waals surface area contributed by atoms with Gasteiger partial charge in [0.2, 0.25) is 5.88 Å². The SMILES string of the molecule is CC1(C)CN(Cc2cc(F)c(C(=O)O)cc2C2CC2)CCC1Oc1cc(C(F)(F)F)c(Cl)cn1. The highest BCUT2D eigenvalue weighted by Crippen LogP contribution is 2.43. The summed E-state index contributed by atoms with van der Waals surface area (Å²) in [6.45, 7) is 5.51. The smallest absolute Gasteiger partial charge is 0.418 e. The van der Waals surface area contributed by atoms with Crippen molar-refractivity contribution in [3.63, 3.8) is 0 Å². The number of hydrogen-bond acceptors (Lipinski definition) is 4.